The van der Waals surface area contributed by atoms with Crippen molar-refractivity contribution in [3.8, 4) is 0 Å². The van der Waals surface area contributed by atoms with Crippen LogP contribution in [-0.4, -0.2) is 6.54 Å². The van der Waals surface area contributed by atoms with E-state index in [1.165, 1.54) is 25.7 Å². The second-order valence-electron chi connectivity index (χ2n) is 4.41. The van der Waals surface area contributed by atoms with E-state index in [2.05, 4.69) is 27.7 Å². The Morgan fingerprint density at radius 2 is 1.54 bits per heavy atom. The highest BCUT2D eigenvalue weighted by Gasteiger charge is 2.19. The molecule has 13 heavy (non-hydrogen) atoms. The van der Waals surface area contributed by atoms with E-state index in [9.17, 15) is 0 Å². The average Bonchev–Trinajstić information content (AvgIpc) is 2.13. The Labute approximate surface area is 84.1 Å². The quantitative estimate of drug-likeness (QED) is 0.646. The molecule has 0 radical (unpaired) electrons. The SMILES string of the molecule is CCCC(C)C(C)C(CN)CCC. The third-order valence-corrected chi connectivity index (χ3v) is 3.35. The minimum absolute atomic E-state index is 0.742. The smallest absolute Gasteiger partial charge is 0.00462 e. The topological polar surface area (TPSA) is 26.0 Å². The van der Waals surface area contributed by atoms with Crippen molar-refractivity contribution < 1.29 is 0 Å². The lowest BCUT2D eigenvalue weighted by Crippen LogP contribution is -2.26. The zero-order valence-corrected chi connectivity index (χ0v) is 9.84. The van der Waals surface area contributed by atoms with Gasteiger partial charge in [0.15, 0.2) is 0 Å². The predicted molar refractivity (Wildman–Crippen MR) is 60.7 cm³/mol. The molecule has 0 aliphatic heterocycles. The Kier molecular flexibility index (Phi) is 7.35. The second-order valence-corrected chi connectivity index (χ2v) is 4.41. The zero-order valence-electron chi connectivity index (χ0n) is 9.84. The average molecular weight is 185 g/mol. The van der Waals surface area contributed by atoms with Crippen LogP contribution >= 0.6 is 0 Å². The lowest BCUT2D eigenvalue weighted by atomic mass is 9.80. The van der Waals surface area contributed by atoms with Gasteiger partial charge in [-0.05, 0) is 30.7 Å². The molecule has 0 saturated heterocycles. The van der Waals surface area contributed by atoms with Gasteiger partial charge in [0.1, 0.15) is 0 Å². The van der Waals surface area contributed by atoms with Crippen LogP contribution in [0.2, 0.25) is 0 Å². The molecule has 0 aromatic carbocycles. The number of hydrogen-bond acceptors (Lipinski definition) is 1. The van der Waals surface area contributed by atoms with Crippen molar-refractivity contribution in [3.05, 3.63) is 0 Å². The normalized spacial score (nSPS) is 18.2. The summed E-state index contributed by atoms with van der Waals surface area (Å²) >= 11 is 0. The van der Waals surface area contributed by atoms with Crippen molar-refractivity contribution in [1.29, 1.82) is 0 Å². The van der Waals surface area contributed by atoms with Gasteiger partial charge >= 0.3 is 0 Å². The van der Waals surface area contributed by atoms with Crippen molar-refractivity contribution in [3.63, 3.8) is 0 Å². The summed E-state index contributed by atoms with van der Waals surface area (Å²) in [4.78, 5) is 0. The minimum atomic E-state index is 0.742. The van der Waals surface area contributed by atoms with Gasteiger partial charge in [-0.1, -0.05) is 47.0 Å². The summed E-state index contributed by atoms with van der Waals surface area (Å²) in [5, 5.41) is 0. The minimum Gasteiger partial charge on any atom is -0.330 e. The van der Waals surface area contributed by atoms with Gasteiger partial charge in [0, 0.05) is 0 Å². The summed E-state index contributed by atoms with van der Waals surface area (Å²) in [6.07, 6.45) is 5.22. The molecule has 0 fully saturated rings. The van der Waals surface area contributed by atoms with Crippen LogP contribution in [0.5, 0.6) is 0 Å². The first kappa shape index (κ1) is 13.0. The Balaban J connectivity index is 3.94. The van der Waals surface area contributed by atoms with Crippen LogP contribution in [0.1, 0.15) is 53.4 Å². The van der Waals surface area contributed by atoms with Gasteiger partial charge in [-0.2, -0.15) is 0 Å². The standard InChI is InChI=1S/C12H27N/c1-5-7-10(3)11(4)12(9-13)8-6-2/h10-12H,5-9,13H2,1-4H3. The van der Waals surface area contributed by atoms with E-state index >= 15 is 0 Å². The molecule has 0 aromatic rings. The molecule has 1 nitrogen and oxygen atoms in total. The van der Waals surface area contributed by atoms with Gasteiger partial charge in [-0.3, -0.25) is 0 Å². The molecule has 2 N–H and O–H groups in total. The summed E-state index contributed by atoms with van der Waals surface area (Å²) < 4.78 is 0. The van der Waals surface area contributed by atoms with Crippen LogP contribution in [0.3, 0.4) is 0 Å². The van der Waals surface area contributed by atoms with Gasteiger partial charge in [0.25, 0.3) is 0 Å². The monoisotopic (exact) mass is 185 g/mol. The van der Waals surface area contributed by atoms with Crippen LogP contribution in [0, 0.1) is 17.8 Å². The maximum Gasteiger partial charge on any atom is -0.00462 e. The highest BCUT2D eigenvalue weighted by Crippen LogP contribution is 2.26. The van der Waals surface area contributed by atoms with Gasteiger partial charge in [0.2, 0.25) is 0 Å². The highest BCUT2D eigenvalue weighted by molar-refractivity contribution is 4.71. The van der Waals surface area contributed by atoms with Crippen molar-refractivity contribution in [2.75, 3.05) is 6.54 Å². The van der Waals surface area contributed by atoms with E-state index in [4.69, 9.17) is 5.73 Å². The number of hydrogen-bond donors (Lipinski definition) is 1. The van der Waals surface area contributed by atoms with Crippen LogP contribution in [-0.2, 0) is 0 Å². The summed E-state index contributed by atoms with van der Waals surface area (Å²) in [6.45, 7) is 10.1. The van der Waals surface area contributed by atoms with Crippen molar-refractivity contribution >= 4 is 0 Å². The van der Waals surface area contributed by atoms with Gasteiger partial charge in [0.05, 0.1) is 0 Å². The van der Waals surface area contributed by atoms with Crippen molar-refractivity contribution in [2.24, 2.45) is 23.5 Å². The number of rotatable bonds is 7. The fraction of sp³-hybridized carbons (Fsp3) is 1.00. The van der Waals surface area contributed by atoms with E-state index in [0.29, 0.717) is 0 Å². The van der Waals surface area contributed by atoms with Gasteiger partial charge in [-0.15, -0.1) is 0 Å². The van der Waals surface area contributed by atoms with Crippen LogP contribution in [0.4, 0.5) is 0 Å². The van der Waals surface area contributed by atoms with Crippen LogP contribution in [0.25, 0.3) is 0 Å². The van der Waals surface area contributed by atoms with Crippen molar-refractivity contribution in [2.45, 2.75) is 53.4 Å². The van der Waals surface area contributed by atoms with E-state index in [1.807, 2.05) is 0 Å². The lowest BCUT2D eigenvalue weighted by molar-refractivity contribution is 0.240. The Morgan fingerprint density at radius 1 is 1.00 bits per heavy atom. The first-order valence-corrected chi connectivity index (χ1v) is 5.87. The van der Waals surface area contributed by atoms with Crippen LogP contribution in [0.15, 0.2) is 0 Å². The molecular weight excluding hydrogens is 158 g/mol. The van der Waals surface area contributed by atoms with E-state index in [-0.39, 0.29) is 0 Å². The largest absolute Gasteiger partial charge is 0.330 e. The Hall–Kier alpha value is -0.0400. The predicted octanol–water partition coefficient (Wildman–Crippen LogP) is 3.43. The molecule has 3 atom stereocenters. The summed E-state index contributed by atoms with van der Waals surface area (Å²) in [6, 6.07) is 0. The van der Waals surface area contributed by atoms with Crippen LogP contribution < -0.4 is 5.73 Å². The summed E-state index contributed by atoms with van der Waals surface area (Å²) in [5.74, 6) is 2.38. The summed E-state index contributed by atoms with van der Waals surface area (Å²) in [5.41, 5.74) is 5.79. The molecule has 0 amide bonds. The third-order valence-electron chi connectivity index (χ3n) is 3.35. The Morgan fingerprint density at radius 3 is 1.92 bits per heavy atom. The molecule has 1 heteroatoms. The molecule has 0 saturated carbocycles. The second kappa shape index (κ2) is 7.37. The Bertz CT molecular complexity index is 112. The molecule has 0 rings (SSSR count). The molecule has 3 unspecified atom stereocenters. The van der Waals surface area contributed by atoms with Gasteiger partial charge in [-0.25, -0.2) is 0 Å². The summed E-state index contributed by atoms with van der Waals surface area (Å²) in [7, 11) is 0. The fourth-order valence-electron chi connectivity index (χ4n) is 2.15. The molecule has 0 aliphatic carbocycles. The highest BCUT2D eigenvalue weighted by atomic mass is 14.6. The zero-order chi connectivity index (χ0) is 10.3. The van der Waals surface area contributed by atoms with Crippen molar-refractivity contribution in [1.82, 2.24) is 0 Å². The molecule has 0 heterocycles. The molecule has 80 valence electrons. The van der Waals surface area contributed by atoms with Gasteiger partial charge < -0.3 is 5.73 Å². The molecule has 0 bridgehead atoms. The van der Waals surface area contributed by atoms with E-state index < -0.39 is 0 Å². The molecule has 0 spiro atoms. The molecular formula is C12H27N. The lowest BCUT2D eigenvalue weighted by Gasteiger charge is -2.27. The van der Waals surface area contributed by atoms with E-state index in [1.54, 1.807) is 0 Å². The molecule has 0 aliphatic rings. The first-order chi connectivity index (χ1) is 6.17. The third kappa shape index (κ3) is 4.66. The van der Waals surface area contributed by atoms with E-state index in [0.717, 1.165) is 24.3 Å². The molecule has 0 aromatic heterocycles. The fourth-order valence-corrected chi connectivity index (χ4v) is 2.15. The maximum atomic E-state index is 5.79. The maximum absolute atomic E-state index is 5.79. The number of nitrogens with two attached hydrogens (primary N) is 1. The first-order valence-electron chi connectivity index (χ1n) is 5.87.